The fourth-order valence-electron chi connectivity index (χ4n) is 4.09. The minimum atomic E-state index is -0.0527. The van der Waals surface area contributed by atoms with Gasteiger partial charge in [0.1, 0.15) is 5.78 Å². The molecule has 3 fully saturated rings. The lowest BCUT2D eigenvalue weighted by molar-refractivity contribution is -0.157. The Kier molecular flexibility index (Phi) is 2.30. The summed E-state index contributed by atoms with van der Waals surface area (Å²) in [6.07, 6.45) is 7.70. The molecule has 0 aromatic rings. The van der Waals surface area contributed by atoms with Crippen molar-refractivity contribution < 1.29 is 9.59 Å². The van der Waals surface area contributed by atoms with Crippen molar-refractivity contribution in [1.82, 2.24) is 4.90 Å². The zero-order chi connectivity index (χ0) is 11.2. The van der Waals surface area contributed by atoms with Crippen LogP contribution >= 0.6 is 0 Å². The van der Waals surface area contributed by atoms with Crippen LogP contribution in [0.4, 0.5) is 0 Å². The highest BCUT2D eigenvalue weighted by atomic mass is 16.2. The summed E-state index contributed by atoms with van der Waals surface area (Å²) in [5.74, 6) is 1.27. The van der Waals surface area contributed by atoms with E-state index in [1.807, 2.05) is 0 Å². The average Bonchev–Trinajstić information content (AvgIpc) is 2.27. The van der Waals surface area contributed by atoms with Gasteiger partial charge in [-0.3, -0.25) is 9.59 Å². The summed E-state index contributed by atoms with van der Waals surface area (Å²) in [6, 6.07) is 0. The first-order valence-corrected chi connectivity index (χ1v) is 6.54. The van der Waals surface area contributed by atoms with Crippen LogP contribution in [0.25, 0.3) is 0 Å². The fraction of sp³-hybridized carbons (Fsp3) is 0.846. The van der Waals surface area contributed by atoms with Crippen LogP contribution in [0, 0.1) is 5.92 Å². The van der Waals surface area contributed by atoms with Gasteiger partial charge in [0.05, 0.1) is 5.54 Å². The van der Waals surface area contributed by atoms with Gasteiger partial charge in [0.2, 0.25) is 5.91 Å². The number of piperidine rings is 2. The number of hydrogen-bond donors (Lipinski definition) is 0. The van der Waals surface area contributed by atoms with Gasteiger partial charge in [-0.2, -0.15) is 0 Å². The van der Waals surface area contributed by atoms with Crippen molar-refractivity contribution in [3.05, 3.63) is 0 Å². The molecule has 0 radical (unpaired) electrons. The van der Waals surface area contributed by atoms with Gasteiger partial charge in [0, 0.05) is 25.8 Å². The van der Waals surface area contributed by atoms with Gasteiger partial charge in [0.25, 0.3) is 0 Å². The lowest BCUT2D eigenvalue weighted by Crippen LogP contribution is -2.64. The Morgan fingerprint density at radius 1 is 1.12 bits per heavy atom. The van der Waals surface area contributed by atoms with Gasteiger partial charge in [-0.25, -0.2) is 0 Å². The maximum atomic E-state index is 12.0. The lowest BCUT2D eigenvalue weighted by Gasteiger charge is -2.56. The molecule has 3 heteroatoms. The molecule has 0 N–H and O–H groups in total. The minimum Gasteiger partial charge on any atom is -0.336 e. The monoisotopic (exact) mass is 221 g/mol. The highest BCUT2D eigenvalue weighted by Crippen LogP contribution is 2.48. The third-order valence-corrected chi connectivity index (χ3v) is 4.84. The predicted molar refractivity (Wildman–Crippen MR) is 59.9 cm³/mol. The Bertz CT molecular complexity index is 339. The van der Waals surface area contributed by atoms with Crippen molar-refractivity contribution in [2.24, 2.45) is 5.92 Å². The van der Waals surface area contributed by atoms with Gasteiger partial charge in [-0.05, 0) is 25.2 Å². The van der Waals surface area contributed by atoms with Crippen LogP contribution < -0.4 is 0 Å². The SMILES string of the molecule is O=C1CCN2C(=O)CCC3CCCCC32C1. The van der Waals surface area contributed by atoms with E-state index in [2.05, 4.69) is 4.90 Å². The Labute approximate surface area is 96.2 Å². The summed E-state index contributed by atoms with van der Waals surface area (Å²) in [5.41, 5.74) is -0.0527. The standard InChI is InChI=1S/C13H19NO2/c15-11-6-8-14-12(16)5-4-10-3-1-2-7-13(10,14)9-11/h10H,1-9H2. The molecule has 2 unspecified atom stereocenters. The smallest absolute Gasteiger partial charge is 0.223 e. The molecule has 1 aliphatic carbocycles. The van der Waals surface area contributed by atoms with E-state index in [4.69, 9.17) is 0 Å². The molecule has 0 aromatic heterocycles. The average molecular weight is 221 g/mol. The molecule has 2 heterocycles. The zero-order valence-electron chi connectivity index (χ0n) is 9.71. The van der Waals surface area contributed by atoms with E-state index in [1.54, 1.807) is 0 Å². The molecule has 1 amide bonds. The Balaban J connectivity index is 1.97. The fourth-order valence-corrected chi connectivity index (χ4v) is 4.09. The van der Waals surface area contributed by atoms with E-state index >= 15 is 0 Å². The number of nitrogens with zero attached hydrogens (tertiary/aromatic N) is 1. The van der Waals surface area contributed by atoms with Crippen molar-refractivity contribution in [3.63, 3.8) is 0 Å². The maximum absolute atomic E-state index is 12.0. The summed E-state index contributed by atoms with van der Waals surface area (Å²) in [4.78, 5) is 25.8. The quantitative estimate of drug-likeness (QED) is 0.626. The molecule has 88 valence electrons. The zero-order valence-corrected chi connectivity index (χ0v) is 9.71. The molecule has 2 saturated heterocycles. The van der Waals surface area contributed by atoms with E-state index in [1.165, 1.54) is 19.3 Å². The van der Waals surface area contributed by atoms with Gasteiger partial charge >= 0.3 is 0 Å². The number of carbonyl (C=O) groups is 2. The summed E-state index contributed by atoms with van der Waals surface area (Å²) in [5, 5.41) is 0. The van der Waals surface area contributed by atoms with E-state index in [-0.39, 0.29) is 5.54 Å². The molecule has 2 aliphatic heterocycles. The van der Waals surface area contributed by atoms with Crippen LogP contribution in [0.5, 0.6) is 0 Å². The number of carbonyl (C=O) groups excluding carboxylic acids is 2. The van der Waals surface area contributed by atoms with Crippen molar-refractivity contribution in [3.8, 4) is 0 Å². The number of ketones is 1. The molecule has 2 atom stereocenters. The molecule has 3 nitrogen and oxygen atoms in total. The first-order chi connectivity index (χ1) is 7.72. The van der Waals surface area contributed by atoms with E-state index < -0.39 is 0 Å². The number of rotatable bonds is 0. The molecule has 1 spiro atoms. The number of Topliss-reactive ketones (excluding diaryl/α,β-unsaturated/α-hetero) is 1. The van der Waals surface area contributed by atoms with Crippen molar-refractivity contribution in [1.29, 1.82) is 0 Å². The van der Waals surface area contributed by atoms with Crippen LogP contribution in [0.1, 0.15) is 51.4 Å². The second-order valence-corrected chi connectivity index (χ2v) is 5.60. The lowest BCUT2D eigenvalue weighted by atomic mass is 9.63. The van der Waals surface area contributed by atoms with Gasteiger partial charge in [0.15, 0.2) is 0 Å². The molecule has 3 rings (SSSR count). The first kappa shape index (κ1) is 10.3. The molecule has 0 bridgehead atoms. The summed E-state index contributed by atoms with van der Waals surface area (Å²) in [7, 11) is 0. The van der Waals surface area contributed by atoms with Crippen LogP contribution in [-0.4, -0.2) is 28.7 Å². The maximum Gasteiger partial charge on any atom is 0.223 e. The van der Waals surface area contributed by atoms with Crippen LogP contribution in [0.3, 0.4) is 0 Å². The van der Waals surface area contributed by atoms with Crippen LogP contribution in [-0.2, 0) is 9.59 Å². The van der Waals surface area contributed by atoms with Crippen molar-refractivity contribution in [2.75, 3.05) is 6.54 Å². The summed E-state index contributed by atoms with van der Waals surface area (Å²) < 4.78 is 0. The second-order valence-electron chi connectivity index (χ2n) is 5.60. The molecule has 0 aromatic carbocycles. The molecule has 1 saturated carbocycles. The topological polar surface area (TPSA) is 37.4 Å². The molecule has 3 aliphatic rings. The Hall–Kier alpha value is -0.860. The van der Waals surface area contributed by atoms with Crippen molar-refractivity contribution in [2.45, 2.75) is 56.9 Å². The Morgan fingerprint density at radius 3 is 2.88 bits per heavy atom. The van der Waals surface area contributed by atoms with Gasteiger partial charge < -0.3 is 4.90 Å². The molecular formula is C13H19NO2. The van der Waals surface area contributed by atoms with Crippen LogP contribution in [0.2, 0.25) is 0 Å². The third-order valence-electron chi connectivity index (χ3n) is 4.84. The third kappa shape index (κ3) is 1.33. The number of hydrogen-bond acceptors (Lipinski definition) is 2. The first-order valence-electron chi connectivity index (χ1n) is 6.54. The van der Waals surface area contributed by atoms with Crippen molar-refractivity contribution >= 4 is 11.7 Å². The number of amides is 1. The largest absolute Gasteiger partial charge is 0.336 e. The van der Waals surface area contributed by atoms with E-state index in [0.29, 0.717) is 43.4 Å². The molecular weight excluding hydrogens is 202 g/mol. The van der Waals surface area contributed by atoms with Gasteiger partial charge in [-0.1, -0.05) is 12.8 Å². The summed E-state index contributed by atoms with van der Waals surface area (Å²) >= 11 is 0. The van der Waals surface area contributed by atoms with E-state index in [0.717, 1.165) is 12.8 Å². The summed E-state index contributed by atoms with van der Waals surface area (Å²) in [6.45, 7) is 0.689. The van der Waals surface area contributed by atoms with Gasteiger partial charge in [-0.15, -0.1) is 0 Å². The van der Waals surface area contributed by atoms with E-state index in [9.17, 15) is 9.59 Å². The Morgan fingerprint density at radius 2 is 2.00 bits per heavy atom. The normalized spacial score (nSPS) is 39.2. The second kappa shape index (κ2) is 3.57. The predicted octanol–water partition coefficient (Wildman–Crippen LogP) is 1.90. The highest BCUT2D eigenvalue weighted by Gasteiger charge is 2.52. The highest BCUT2D eigenvalue weighted by molar-refractivity contribution is 5.86. The van der Waals surface area contributed by atoms with Crippen LogP contribution in [0.15, 0.2) is 0 Å². The minimum absolute atomic E-state index is 0.0527. The molecule has 16 heavy (non-hydrogen) atoms.